The van der Waals surface area contributed by atoms with Crippen molar-refractivity contribution in [2.45, 2.75) is 57.4 Å². The van der Waals surface area contributed by atoms with Gasteiger partial charge in [-0.2, -0.15) is 0 Å². The summed E-state index contributed by atoms with van der Waals surface area (Å²) >= 11 is 0. The molecule has 0 bridgehead atoms. The first-order chi connectivity index (χ1) is 8.27. The van der Waals surface area contributed by atoms with Crippen molar-refractivity contribution in [1.29, 1.82) is 0 Å². The van der Waals surface area contributed by atoms with E-state index in [-0.39, 0.29) is 5.69 Å². The Labute approximate surface area is 101 Å². The lowest BCUT2D eigenvalue weighted by Gasteiger charge is -2.15. The Kier molecular flexibility index (Phi) is 4.12. The van der Waals surface area contributed by atoms with Gasteiger partial charge in [-0.25, -0.2) is 4.68 Å². The van der Waals surface area contributed by atoms with Gasteiger partial charge in [0.25, 0.3) is 5.91 Å². The SMILES string of the molecule is NC(=O)c1cn(C2CCCCCCCC2)nn1. The molecule has 1 saturated carbocycles. The van der Waals surface area contributed by atoms with E-state index in [1.54, 1.807) is 6.20 Å². The second-order valence-corrected chi connectivity index (χ2v) is 4.80. The third-order valence-corrected chi connectivity index (χ3v) is 3.46. The number of rotatable bonds is 2. The van der Waals surface area contributed by atoms with Crippen LogP contribution in [0, 0.1) is 0 Å². The molecule has 0 atom stereocenters. The average Bonchev–Trinajstić information content (AvgIpc) is 2.82. The van der Waals surface area contributed by atoms with Gasteiger partial charge in [-0.05, 0) is 12.8 Å². The summed E-state index contributed by atoms with van der Waals surface area (Å²) in [5.41, 5.74) is 5.45. The Morgan fingerprint density at radius 1 is 1.18 bits per heavy atom. The number of aromatic nitrogens is 3. The molecule has 1 fully saturated rings. The van der Waals surface area contributed by atoms with Crippen LogP contribution in [0.4, 0.5) is 0 Å². The van der Waals surface area contributed by atoms with E-state index in [0.29, 0.717) is 6.04 Å². The van der Waals surface area contributed by atoms with E-state index >= 15 is 0 Å². The third-order valence-electron chi connectivity index (χ3n) is 3.46. The van der Waals surface area contributed by atoms with Crippen LogP contribution in [0.3, 0.4) is 0 Å². The van der Waals surface area contributed by atoms with Gasteiger partial charge >= 0.3 is 0 Å². The Bertz CT molecular complexity index is 364. The number of carbonyl (C=O) groups is 1. The third kappa shape index (κ3) is 3.28. The van der Waals surface area contributed by atoms with Crippen molar-refractivity contribution in [2.75, 3.05) is 0 Å². The molecule has 1 aromatic heterocycles. The molecule has 0 saturated heterocycles. The molecule has 5 nitrogen and oxygen atoms in total. The average molecular weight is 236 g/mol. The summed E-state index contributed by atoms with van der Waals surface area (Å²) in [5.74, 6) is -0.501. The lowest BCUT2D eigenvalue weighted by atomic mass is 10.1. The zero-order chi connectivity index (χ0) is 12.1. The minimum Gasteiger partial charge on any atom is -0.364 e. The van der Waals surface area contributed by atoms with E-state index in [2.05, 4.69) is 10.3 Å². The predicted octanol–water partition coefficient (Wildman–Crippen LogP) is 2.05. The van der Waals surface area contributed by atoms with Crippen molar-refractivity contribution >= 4 is 5.91 Å². The van der Waals surface area contributed by atoms with Crippen LogP contribution in [0.15, 0.2) is 6.20 Å². The Balaban J connectivity index is 2.04. The maximum atomic E-state index is 11.0. The fourth-order valence-electron chi connectivity index (χ4n) is 2.44. The maximum absolute atomic E-state index is 11.0. The molecular weight excluding hydrogens is 216 g/mol. The van der Waals surface area contributed by atoms with Crippen molar-refractivity contribution in [3.8, 4) is 0 Å². The first kappa shape index (κ1) is 12.1. The van der Waals surface area contributed by atoms with Gasteiger partial charge in [-0.15, -0.1) is 5.10 Å². The Hall–Kier alpha value is -1.39. The highest BCUT2D eigenvalue weighted by Crippen LogP contribution is 2.25. The van der Waals surface area contributed by atoms with Crippen LogP contribution in [-0.2, 0) is 0 Å². The standard InChI is InChI=1S/C12H20N4O/c13-12(17)11-9-16(15-14-11)10-7-5-3-1-2-4-6-8-10/h9-10H,1-8H2,(H2,13,17). The molecule has 1 heterocycles. The summed E-state index contributed by atoms with van der Waals surface area (Å²) in [6, 6.07) is 0.383. The fraction of sp³-hybridized carbons (Fsp3) is 0.750. The molecule has 0 spiro atoms. The Morgan fingerprint density at radius 3 is 2.29 bits per heavy atom. The predicted molar refractivity (Wildman–Crippen MR) is 64.5 cm³/mol. The van der Waals surface area contributed by atoms with Gasteiger partial charge in [-0.1, -0.05) is 43.7 Å². The monoisotopic (exact) mass is 236 g/mol. The molecule has 2 rings (SSSR count). The summed E-state index contributed by atoms with van der Waals surface area (Å²) in [4.78, 5) is 11.0. The fourth-order valence-corrected chi connectivity index (χ4v) is 2.44. The number of carbonyl (C=O) groups excluding carboxylic acids is 1. The van der Waals surface area contributed by atoms with Crippen LogP contribution in [0.25, 0.3) is 0 Å². The first-order valence-electron chi connectivity index (χ1n) is 6.49. The van der Waals surface area contributed by atoms with Crippen molar-refractivity contribution in [1.82, 2.24) is 15.0 Å². The number of nitrogens with two attached hydrogens (primary N) is 1. The number of amides is 1. The Morgan fingerprint density at radius 2 is 1.76 bits per heavy atom. The van der Waals surface area contributed by atoms with Gasteiger partial charge in [0, 0.05) is 0 Å². The molecule has 94 valence electrons. The molecule has 0 unspecified atom stereocenters. The smallest absolute Gasteiger partial charge is 0.270 e. The highest BCUT2D eigenvalue weighted by Gasteiger charge is 2.15. The van der Waals surface area contributed by atoms with E-state index < -0.39 is 5.91 Å². The van der Waals surface area contributed by atoms with Crippen LogP contribution < -0.4 is 5.73 Å². The summed E-state index contributed by atoms with van der Waals surface area (Å²) in [5, 5.41) is 7.84. The zero-order valence-corrected chi connectivity index (χ0v) is 10.1. The molecule has 17 heavy (non-hydrogen) atoms. The molecule has 1 amide bonds. The number of primary amides is 1. The molecule has 2 N–H and O–H groups in total. The van der Waals surface area contributed by atoms with Gasteiger partial charge in [0.05, 0.1) is 12.2 Å². The van der Waals surface area contributed by atoms with Crippen molar-refractivity contribution in [2.24, 2.45) is 5.73 Å². The second kappa shape index (κ2) is 5.80. The first-order valence-corrected chi connectivity index (χ1v) is 6.49. The summed E-state index contributed by atoms with van der Waals surface area (Å²) < 4.78 is 1.82. The molecule has 1 aliphatic rings. The van der Waals surface area contributed by atoms with Crippen molar-refractivity contribution < 1.29 is 4.79 Å². The topological polar surface area (TPSA) is 73.8 Å². The summed E-state index contributed by atoms with van der Waals surface area (Å²) in [6.45, 7) is 0. The molecular formula is C12H20N4O. The van der Waals surface area contributed by atoms with Gasteiger partial charge in [0.15, 0.2) is 5.69 Å². The largest absolute Gasteiger partial charge is 0.364 e. The lowest BCUT2D eigenvalue weighted by molar-refractivity contribution is 0.0995. The number of nitrogens with zero attached hydrogens (tertiary/aromatic N) is 3. The van der Waals surface area contributed by atoms with E-state index in [0.717, 1.165) is 12.8 Å². The second-order valence-electron chi connectivity index (χ2n) is 4.80. The summed E-state index contributed by atoms with van der Waals surface area (Å²) in [6.07, 6.45) is 11.7. The minimum absolute atomic E-state index is 0.268. The van der Waals surface area contributed by atoms with Gasteiger partial charge in [-0.3, -0.25) is 4.79 Å². The van der Waals surface area contributed by atoms with Crippen LogP contribution in [0.2, 0.25) is 0 Å². The molecule has 1 aliphatic carbocycles. The van der Waals surface area contributed by atoms with Crippen LogP contribution >= 0.6 is 0 Å². The molecule has 0 aliphatic heterocycles. The van der Waals surface area contributed by atoms with Crippen molar-refractivity contribution in [3.05, 3.63) is 11.9 Å². The van der Waals surface area contributed by atoms with Gasteiger partial charge in [0.1, 0.15) is 0 Å². The molecule has 1 aromatic rings. The van der Waals surface area contributed by atoms with E-state index in [1.165, 1.54) is 38.5 Å². The number of hydrogen-bond donors (Lipinski definition) is 1. The van der Waals surface area contributed by atoms with Crippen LogP contribution in [0.5, 0.6) is 0 Å². The van der Waals surface area contributed by atoms with Crippen molar-refractivity contribution in [3.63, 3.8) is 0 Å². The summed E-state index contributed by atoms with van der Waals surface area (Å²) in [7, 11) is 0. The zero-order valence-electron chi connectivity index (χ0n) is 10.1. The normalized spacial score (nSPS) is 19.3. The van der Waals surface area contributed by atoms with Crippen LogP contribution in [-0.4, -0.2) is 20.9 Å². The highest BCUT2D eigenvalue weighted by molar-refractivity contribution is 5.90. The van der Waals surface area contributed by atoms with E-state index in [4.69, 9.17) is 5.73 Å². The quantitative estimate of drug-likeness (QED) is 0.854. The molecule has 0 aromatic carbocycles. The van der Waals surface area contributed by atoms with E-state index in [9.17, 15) is 4.79 Å². The van der Waals surface area contributed by atoms with Gasteiger partial charge < -0.3 is 5.73 Å². The minimum atomic E-state index is -0.501. The maximum Gasteiger partial charge on any atom is 0.270 e. The van der Waals surface area contributed by atoms with E-state index in [1.807, 2.05) is 4.68 Å². The lowest BCUT2D eigenvalue weighted by Crippen LogP contribution is -2.12. The van der Waals surface area contributed by atoms with Gasteiger partial charge in [0.2, 0.25) is 0 Å². The highest BCUT2D eigenvalue weighted by atomic mass is 16.1. The molecule has 0 radical (unpaired) electrons. The molecule has 5 heteroatoms. The van der Waals surface area contributed by atoms with Crippen LogP contribution in [0.1, 0.15) is 67.9 Å². The number of hydrogen-bond acceptors (Lipinski definition) is 3.